The molecule has 1 aliphatic heterocycles. The van der Waals surface area contributed by atoms with Crippen LogP contribution < -0.4 is 0 Å². The maximum atomic E-state index is 10.7. The van der Waals surface area contributed by atoms with E-state index in [2.05, 4.69) is 0 Å². The number of nitrogens with zero attached hydrogens (tertiary/aromatic N) is 1. The summed E-state index contributed by atoms with van der Waals surface area (Å²) in [7, 11) is -3.94. The third kappa shape index (κ3) is 1.88. The van der Waals surface area contributed by atoms with E-state index in [0.29, 0.717) is 6.54 Å². The van der Waals surface area contributed by atoms with Crippen LogP contribution in [0.1, 0.15) is 6.92 Å². The topological polar surface area (TPSA) is 57.6 Å². The molecule has 0 aromatic rings. The van der Waals surface area contributed by atoms with Gasteiger partial charge in [-0.05, 0) is 12.3 Å². The highest BCUT2D eigenvalue weighted by Gasteiger charge is 2.30. The first-order chi connectivity index (χ1) is 5.05. The van der Waals surface area contributed by atoms with Gasteiger partial charge in [-0.3, -0.25) is 4.55 Å². The molecule has 0 radical (unpaired) electrons. The van der Waals surface area contributed by atoms with E-state index >= 15 is 0 Å². The number of rotatable bonds is 2. The molecule has 0 aromatic carbocycles. The van der Waals surface area contributed by atoms with Crippen molar-refractivity contribution in [3.8, 4) is 0 Å². The number of thioether (sulfide) groups is 1. The van der Waals surface area contributed by atoms with E-state index in [1.807, 2.05) is 6.92 Å². The predicted molar refractivity (Wildman–Crippen MR) is 44.4 cm³/mol. The van der Waals surface area contributed by atoms with Crippen LogP contribution in [0.3, 0.4) is 0 Å². The van der Waals surface area contributed by atoms with E-state index in [9.17, 15) is 8.42 Å². The molecular formula is C5H9NO3S2. The first-order valence-corrected chi connectivity index (χ1v) is 5.54. The summed E-state index contributed by atoms with van der Waals surface area (Å²) in [5.41, 5.74) is 0. The van der Waals surface area contributed by atoms with Crippen LogP contribution in [0.4, 0.5) is 0 Å². The van der Waals surface area contributed by atoms with E-state index in [1.54, 1.807) is 16.5 Å². The van der Waals surface area contributed by atoms with E-state index in [0.717, 1.165) is 11.8 Å². The molecule has 0 saturated heterocycles. The lowest BCUT2D eigenvalue weighted by Gasteiger charge is -2.19. The fourth-order valence-corrected chi connectivity index (χ4v) is 2.88. The van der Waals surface area contributed by atoms with E-state index < -0.39 is 14.8 Å². The third-order valence-corrected chi connectivity index (χ3v) is 3.96. The van der Waals surface area contributed by atoms with Crippen molar-refractivity contribution in [2.75, 3.05) is 6.54 Å². The van der Waals surface area contributed by atoms with Gasteiger partial charge in [0, 0.05) is 12.7 Å². The molecule has 0 aromatic heterocycles. The van der Waals surface area contributed by atoms with Crippen molar-refractivity contribution in [1.82, 2.24) is 4.90 Å². The summed E-state index contributed by atoms with van der Waals surface area (Å²) in [6.07, 6.45) is 1.66. The van der Waals surface area contributed by atoms with Gasteiger partial charge in [-0.25, -0.2) is 0 Å². The van der Waals surface area contributed by atoms with Crippen LogP contribution in [-0.2, 0) is 10.1 Å². The molecule has 11 heavy (non-hydrogen) atoms. The molecule has 1 unspecified atom stereocenters. The minimum atomic E-state index is -3.94. The SMILES string of the molecule is CCN1C=CSC1S(=O)(=O)O. The fourth-order valence-electron chi connectivity index (χ4n) is 0.825. The lowest BCUT2D eigenvalue weighted by atomic mass is 10.6. The van der Waals surface area contributed by atoms with Crippen molar-refractivity contribution in [2.45, 2.75) is 11.6 Å². The Hall–Kier alpha value is -0.200. The molecule has 0 saturated carbocycles. The van der Waals surface area contributed by atoms with Gasteiger partial charge in [0.05, 0.1) is 0 Å². The molecule has 64 valence electrons. The van der Waals surface area contributed by atoms with Gasteiger partial charge in [-0.2, -0.15) is 8.42 Å². The van der Waals surface area contributed by atoms with Crippen LogP contribution in [0.2, 0.25) is 0 Å². The Morgan fingerprint density at radius 3 is 2.73 bits per heavy atom. The molecule has 0 spiro atoms. The molecule has 1 rings (SSSR count). The quantitative estimate of drug-likeness (QED) is 0.657. The first kappa shape index (κ1) is 8.89. The second-order valence-electron chi connectivity index (χ2n) is 2.07. The Balaban J connectivity index is 2.77. The summed E-state index contributed by atoms with van der Waals surface area (Å²) in [5, 5.41) is 1.65. The minimum absolute atomic E-state index is 0.577. The summed E-state index contributed by atoms with van der Waals surface area (Å²) < 4.78 is 29.2. The average molecular weight is 195 g/mol. The highest BCUT2D eigenvalue weighted by atomic mass is 32.3. The lowest BCUT2D eigenvalue weighted by molar-refractivity contribution is 0.396. The molecule has 0 bridgehead atoms. The van der Waals surface area contributed by atoms with Crippen molar-refractivity contribution in [3.63, 3.8) is 0 Å². The van der Waals surface area contributed by atoms with Crippen molar-refractivity contribution < 1.29 is 13.0 Å². The van der Waals surface area contributed by atoms with Crippen molar-refractivity contribution in [3.05, 3.63) is 11.6 Å². The van der Waals surface area contributed by atoms with E-state index in [4.69, 9.17) is 4.55 Å². The van der Waals surface area contributed by atoms with Gasteiger partial charge in [0.25, 0.3) is 10.1 Å². The van der Waals surface area contributed by atoms with Crippen LogP contribution in [0.25, 0.3) is 0 Å². The Kier molecular flexibility index (Phi) is 2.46. The molecule has 4 nitrogen and oxygen atoms in total. The zero-order chi connectivity index (χ0) is 8.48. The minimum Gasteiger partial charge on any atom is -0.351 e. The third-order valence-electron chi connectivity index (χ3n) is 1.34. The van der Waals surface area contributed by atoms with Crippen LogP contribution in [0.5, 0.6) is 0 Å². The van der Waals surface area contributed by atoms with Gasteiger partial charge in [0.1, 0.15) is 0 Å². The molecule has 1 aliphatic rings. The Bertz CT molecular complexity index is 259. The van der Waals surface area contributed by atoms with Gasteiger partial charge in [0.2, 0.25) is 4.71 Å². The van der Waals surface area contributed by atoms with Gasteiger partial charge < -0.3 is 4.90 Å². The lowest BCUT2D eigenvalue weighted by Crippen LogP contribution is -2.31. The molecule has 0 aliphatic carbocycles. The smallest absolute Gasteiger partial charge is 0.296 e. The molecule has 1 N–H and O–H groups in total. The van der Waals surface area contributed by atoms with Crippen molar-refractivity contribution in [1.29, 1.82) is 0 Å². The zero-order valence-corrected chi connectivity index (χ0v) is 7.60. The maximum Gasteiger partial charge on any atom is 0.296 e. The van der Waals surface area contributed by atoms with Gasteiger partial charge >= 0.3 is 0 Å². The average Bonchev–Trinajstić information content (AvgIpc) is 2.31. The van der Waals surface area contributed by atoms with E-state index in [1.165, 1.54) is 0 Å². The molecule has 1 atom stereocenters. The van der Waals surface area contributed by atoms with Gasteiger partial charge in [0.15, 0.2) is 0 Å². The maximum absolute atomic E-state index is 10.7. The normalized spacial score (nSPS) is 24.5. The summed E-state index contributed by atoms with van der Waals surface area (Å²) in [6.45, 7) is 2.41. The summed E-state index contributed by atoms with van der Waals surface area (Å²) in [6, 6.07) is 0. The standard InChI is InChI=1S/C5H9NO3S2/c1-2-6-3-4-10-5(6)11(7,8)9/h3-5H,2H2,1H3,(H,7,8,9). The highest BCUT2D eigenvalue weighted by molar-refractivity contribution is 8.13. The van der Waals surface area contributed by atoms with Crippen LogP contribution in [0.15, 0.2) is 11.6 Å². The highest BCUT2D eigenvalue weighted by Crippen LogP contribution is 2.27. The van der Waals surface area contributed by atoms with Gasteiger partial charge in [-0.15, -0.1) is 0 Å². The van der Waals surface area contributed by atoms with Crippen LogP contribution in [0, 0.1) is 0 Å². The van der Waals surface area contributed by atoms with Crippen LogP contribution >= 0.6 is 11.8 Å². The fraction of sp³-hybridized carbons (Fsp3) is 0.600. The summed E-state index contributed by atoms with van der Waals surface area (Å²) >= 11 is 1.09. The molecule has 0 fully saturated rings. The van der Waals surface area contributed by atoms with Crippen molar-refractivity contribution >= 4 is 21.9 Å². The molecule has 6 heteroatoms. The molecular weight excluding hydrogens is 186 g/mol. The number of hydrogen-bond acceptors (Lipinski definition) is 4. The molecule has 1 heterocycles. The first-order valence-electron chi connectivity index (χ1n) is 3.10. The summed E-state index contributed by atoms with van der Waals surface area (Å²) in [4.78, 5) is 1.56. The molecule has 0 amide bonds. The second kappa shape index (κ2) is 3.04. The Morgan fingerprint density at radius 1 is 1.73 bits per heavy atom. The summed E-state index contributed by atoms with van der Waals surface area (Å²) in [5.74, 6) is 0. The Morgan fingerprint density at radius 2 is 2.36 bits per heavy atom. The van der Waals surface area contributed by atoms with Gasteiger partial charge in [-0.1, -0.05) is 11.8 Å². The van der Waals surface area contributed by atoms with Crippen LogP contribution in [-0.4, -0.2) is 29.1 Å². The predicted octanol–water partition coefficient (Wildman–Crippen LogP) is 0.698. The zero-order valence-electron chi connectivity index (χ0n) is 5.97. The van der Waals surface area contributed by atoms with E-state index in [-0.39, 0.29) is 0 Å². The van der Waals surface area contributed by atoms with Crippen molar-refractivity contribution in [2.24, 2.45) is 0 Å². The monoisotopic (exact) mass is 195 g/mol. The Labute approximate surface area is 70.0 Å². The number of hydrogen-bond donors (Lipinski definition) is 1. The largest absolute Gasteiger partial charge is 0.351 e. The second-order valence-corrected chi connectivity index (χ2v) is 4.84.